The van der Waals surface area contributed by atoms with Gasteiger partial charge in [0.1, 0.15) is 23.5 Å². The molecule has 32 heavy (non-hydrogen) atoms. The summed E-state index contributed by atoms with van der Waals surface area (Å²) in [5, 5.41) is 3.45. The van der Waals surface area contributed by atoms with Crippen molar-refractivity contribution in [2.75, 3.05) is 23.3 Å². The summed E-state index contributed by atoms with van der Waals surface area (Å²) in [6, 6.07) is 14.7. The predicted octanol–water partition coefficient (Wildman–Crippen LogP) is 4.92. The minimum atomic E-state index is -0.291. The molecule has 1 fully saturated rings. The van der Waals surface area contributed by atoms with E-state index in [2.05, 4.69) is 51.1 Å². The van der Waals surface area contributed by atoms with Gasteiger partial charge in [0.05, 0.1) is 24.1 Å². The average Bonchev–Trinajstić information content (AvgIpc) is 2.75. The fraction of sp³-hybridized carbons (Fsp3) is 0.240. The van der Waals surface area contributed by atoms with Gasteiger partial charge in [-0.1, -0.05) is 6.07 Å². The van der Waals surface area contributed by atoms with Crippen molar-refractivity contribution in [1.29, 1.82) is 0 Å². The van der Waals surface area contributed by atoms with Crippen molar-refractivity contribution in [3.8, 4) is 16.9 Å². The molecule has 0 amide bonds. The second kappa shape index (κ2) is 8.42. The molecule has 0 spiro atoms. The predicted molar refractivity (Wildman–Crippen MR) is 125 cm³/mol. The highest BCUT2D eigenvalue weighted by Crippen LogP contribution is 2.31. The van der Waals surface area contributed by atoms with E-state index in [1.54, 1.807) is 24.5 Å². The second-order valence-electron chi connectivity index (χ2n) is 8.25. The van der Waals surface area contributed by atoms with Gasteiger partial charge in [0.25, 0.3) is 0 Å². The van der Waals surface area contributed by atoms with Crippen molar-refractivity contribution >= 4 is 22.5 Å². The number of hydrogen-bond donors (Lipinski definition) is 1. The summed E-state index contributed by atoms with van der Waals surface area (Å²) in [4.78, 5) is 15.8. The number of nitrogens with zero attached hydrogens (tertiary/aromatic N) is 4. The summed E-state index contributed by atoms with van der Waals surface area (Å²) in [5.74, 6) is 1.15. The zero-order valence-corrected chi connectivity index (χ0v) is 18.0. The summed E-state index contributed by atoms with van der Waals surface area (Å²) in [6.45, 7) is 5.64. The first-order chi connectivity index (χ1) is 15.5. The van der Waals surface area contributed by atoms with Gasteiger partial charge in [-0.3, -0.25) is 9.97 Å². The number of aromatic nitrogens is 3. The van der Waals surface area contributed by atoms with Crippen LogP contribution in [0.1, 0.15) is 13.8 Å². The Labute approximate surface area is 186 Å². The number of rotatable bonds is 6. The molecular formula is C25H24FN5O. The Morgan fingerprint density at radius 2 is 1.88 bits per heavy atom. The van der Waals surface area contributed by atoms with Crippen LogP contribution in [-0.4, -0.2) is 40.2 Å². The molecular weight excluding hydrogens is 405 g/mol. The molecule has 2 aromatic carbocycles. The van der Waals surface area contributed by atoms with Crippen LogP contribution in [0.3, 0.4) is 0 Å². The second-order valence-corrected chi connectivity index (χ2v) is 8.25. The maximum Gasteiger partial charge on any atom is 0.134 e. The smallest absolute Gasteiger partial charge is 0.134 e. The number of pyridine rings is 1. The molecule has 0 saturated carbocycles. The summed E-state index contributed by atoms with van der Waals surface area (Å²) in [5.41, 5.74) is 4.68. The first kappa shape index (κ1) is 20.2. The molecule has 1 aliphatic heterocycles. The molecule has 1 aliphatic rings. The van der Waals surface area contributed by atoms with Crippen molar-refractivity contribution in [2.24, 2.45) is 0 Å². The molecule has 7 heteroatoms. The van der Waals surface area contributed by atoms with Crippen LogP contribution < -0.4 is 15.0 Å². The number of benzene rings is 2. The lowest BCUT2D eigenvalue weighted by Gasteiger charge is -2.39. The molecule has 162 valence electrons. The van der Waals surface area contributed by atoms with E-state index < -0.39 is 0 Å². The third-order valence-electron chi connectivity index (χ3n) is 5.36. The molecule has 4 aromatic rings. The topological polar surface area (TPSA) is 63.2 Å². The summed E-state index contributed by atoms with van der Waals surface area (Å²) < 4.78 is 19.2. The highest BCUT2D eigenvalue weighted by molar-refractivity contribution is 5.94. The van der Waals surface area contributed by atoms with Crippen molar-refractivity contribution in [2.45, 2.75) is 26.0 Å². The molecule has 3 heterocycles. The van der Waals surface area contributed by atoms with E-state index in [4.69, 9.17) is 4.74 Å². The van der Waals surface area contributed by atoms with Crippen molar-refractivity contribution < 1.29 is 9.13 Å². The first-order valence-corrected chi connectivity index (χ1v) is 10.7. The van der Waals surface area contributed by atoms with E-state index in [0.717, 1.165) is 33.7 Å². The first-order valence-electron chi connectivity index (χ1n) is 10.7. The van der Waals surface area contributed by atoms with Crippen molar-refractivity contribution in [1.82, 2.24) is 15.0 Å². The molecule has 1 N–H and O–H groups in total. The zero-order valence-electron chi connectivity index (χ0n) is 18.0. The molecule has 0 unspecified atom stereocenters. The quantitative estimate of drug-likeness (QED) is 0.469. The van der Waals surface area contributed by atoms with Crippen LogP contribution in [0, 0.1) is 5.82 Å². The van der Waals surface area contributed by atoms with E-state index in [0.29, 0.717) is 24.9 Å². The number of ether oxygens (including phenoxy) is 1. The standard InChI is InChI=1S/C25H24FN5O/c1-16(2)30-19-11-22(25-23(12-19)27-8-9-28-25)17-6-7-24(29-13-17)31-14-21(15-31)32-20-5-3-4-18(26)10-20/h3-13,16,21,30H,14-15H2,1-2H3. The van der Waals surface area contributed by atoms with Crippen LogP contribution in [0.5, 0.6) is 5.75 Å². The normalized spacial score (nSPS) is 13.9. The van der Waals surface area contributed by atoms with Crippen LogP contribution in [0.4, 0.5) is 15.9 Å². The van der Waals surface area contributed by atoms with Gasteiger partial charge >= 0.3 is 0 Å². The highest BCUT2D eigenvalue weighted by atomic mass is 19.1. The van der Waals surface area contributed by atoms with Crippen LogP contribution in [0.15, 0.2) is 67.1 Å². The van der Waals surface area contributed by atoms with Gasteiger partial charge in [0.15, 0.2) is 0 Å². The maximum atomic E-state index is 13.3. The molecule has 6 nitrogen and oxygen atoms in total. The van der Waals surface area contributed by atoms with E-state index in [1.165, 1.54) is 12.1 Å². The zero-order chi connectivity index (χ0) is 22.1. The SMILES string of the molecule is CC(C)Nc1cc(-c2ccc(N3CC(Oc4cccc(F)c4)C3)nc2)c2nccnc2c1. The highest BCUT2D eigenvalue weighted by Gasteiger charge is 2.29. The monoisotopic (exact) mass is 429 g/mol. The molecule has 5 rings (SSSR count). The summed E-state index contributed by atoms with van der Waals surface area (Å²) in [6.07, 6.45) is 5.32. The minimum Gasteiger partial charge on any atom is -0.487 e. The molecule has 2 aromatic heterocycles. The molecule has 0 bridgehead atoms. The maximum absolute atomic E-state index is 13.3. The number of hydrogen-bond acceptors (Lipinski definition) is 6. The largest absolute Gasteiger partial charge is 0.487 e. The van der Waals surface area contributed by atoms with Crippen LogP contribution in [0.2, 0.25) is 0 Å². The lowest BCUT2D eigenvalue weighted by Crippen LogP contribution is -2.54. The van der Waals surface area contributed by atoms with Crippen LogP contribution in [0.25, 0.3) is 22.2 Å². The van der Waals surface area contributed by atoms with Crippen molar-refractivity contribution in [3.63, 3.8) is 0 Å². The molecule has 0 atom stereocenters. The third-order valence-corrected chi connectivity index (χ3v) is 5.36. The Kier molecular flexibility index (Phi) is 5.31. The Morgan fingerprint density at radius 3 is 2.62 bits per heavy atom. The van der Waals surface area contributed by atoms with E-state index in [-0.39, 0.29) is 11.9 Å². The Bertz CT molecular complexity index is 1240. The average molecular weight is 429 g/mol. The van der Waals surface area contributed by atoms with Crippen molar-refractivity contribution in [3.05, 3.63) is 72.9 Å². The minimum absolute atomic E-state index is 0.0243. The molecule has 0 radical (unpaired) electrons. The van der Waals surface area contributed by atoms with Gasteiger partial charge < -0.3 is 15.0 Å². The van der Waals surface area contributed by atoms with Gasteiger partial charge in [-0.2, -0.15) is 0 Å². The number of anilines is 2. The lowest BCUT2D eigenvalue weighted by molar-refractivity contribution is 0.166. The van der Waals surface area contributed by atoms with E-state index in [1.807, 2.05) is 18.3 Å². The van der Waals surface area contributed by atoms with E-state index >= 15 is 0 Å². The third kappa shape index (κ3) is 4.19. The molecule has 0 aliphatic carbocycles. The van der Waals surface area contributed by atoms with Crippen LogP contribution >= 0.6 is 0 Å². The summed E-state index contributed by atoms with van der Waals surface area (Å²) >= 11 is 0. The Morgan fingerprint density at radius 1 is 1.03 bits per heavy atom. The van der Waals surface area contributed by atoms with E-state index in [9.17, 15) is 4.39 Å². The fourth-order valence-electron chi connectivity index (χ4n) is 3.88. The van der Waals surface area contributed by atoms with Gasteiger partial charge in [-0.25, -0.2) is 9.37 Å². The number of fused-ring (bicyclic) bond motifs is 1. The van der Waals surface area contributed by atoms with Gasteiger partial charge in [0.2, 0.25) is 0 Å². The number of nitrogens with one attached hydrogen (secondary N) is 1. The lowest BCUT2D eigenvalue weighted by atomic mass is 10.0. The molecule has 1 saturated heterocycles. The Hall–Kier alpha value is -3.74. The Balaban J connectivity index is 1.33. The van der Waals surface area contributed by atoms with Crippen LogP contribution in [-0.2, 0) is 0 Å². The van der Waals surface area contributed by atoms with Gasteiger partial charge in [-0.15, -0.1) is 0 Å². The summed E-state index contributed by atoms with van der Waals surface area (Å²) in [7, 11) is 0. The fourth-order valence-corrected chi connectivity index (χ4v) is 3.88. The van der Waals surface area contributed by atoms with Gasteiger partial charge in [0, 0.05) is 47.5 Å². The van der Waals surface area contributed by atoms with Gasteiger partial charge in [-0.05, 0) is 50.2 Å². The number of halogens is 1.